The number of rotatable bonds is 1. The Morgan fingerprint density at radius 3 is 2.19 bits per heavy atom. The van der Waals surface area contributed by atoms with Crippen molar-refractivity contribution in [1.29, 1.82) is 0 Å². The minimum absolute atomic E-state index is 0.275. The lowest BCUT2D eigenvalue weighted by molar-refractivity contribution is -2.00. The van der Waals surface area contributed by atoms with E-state index in [1.807, 2.05) is 18.4 Å². The minimum atomic E-state index is -4.94. The molecular formula is C8H9ClO6S. The highest BCUT2D eigenvalue weighted by Gasteiger charge is 2.03. The zero-order chi connectivity index (χ0) is 12.8. The van der Waals surface area contributed by atoms with Gasteiger partial charge in [-0.3, -0.25) is 4.79 Å². The molecule has 0 saturated heterocycles. The second-order valence-electron chi connectivity index (χ2n) is 2.63. The van der Waals surface area contributed by atoms with Crippen LogP contribution in [-0.2, 0) is 4.79 Å². The highest BCUT2D eigenvalue weighted by Crippen LogP contribution is 2.15. The SMILES string of the molecule is CC(=O)Oc1c[s+]cc(C)c1.[O-][Cl+3]([O-])([O-])[O-]. The average Bonchev–Trinajstić information content (AvgIpc) is 1.98. The van der Waals surface area contributed by atoms with Crippen molar-refractivity contribution in [3.63, 3.8) is 0 Å². The maximum absolute atomic E-state index is 10.5. The van der Waals surface area contributed by atoms with Gasteiger partial charge in [-0.1, -0.05) is 0 Å². The first kappa shape index (κ1) is 15.2. The highest BCUT2D eigenvalue weighted by molar-refractivity contribution is 7.07. The van der Waals surface area contributed by atoms with Gasteiger partial charge in [-0.15, -0.1) is 10.2 Å². The quantitative estimate of drug-likeness (QED) is 0.410. The molecule has 0 bridgehead atoms. The van der Waals surface area contributed by atoms with Crippen LogP contribution in [0, 0.1) is 17.2 Å². The van der Waals surface area contributed by atoms with Crippen LogP contribution in [0.3, 0.4) is 0 Å². The third-order valence-corrected chi connectivity index (χ3v) is 1.95. The fraction of sp³-hybridized carbons (Fsp3) is 0.250. The summed E-state index contributed by atoms with van der Waals surface area (Å²) in [5.41, 5.74) is 1.11. The van der Waals surface area contributed by atoms with Gasteiger partial charge in [0, 0.05) is 12.5 Å². The molecule has 1 aromatic heterocycles. The van der Waals surface area contributed by atoms with Crippen LogP contribution in [0.2, 0.25) is 0 Å². The third kappa shape index (κ3) is 11.2. The van der Waals surface area contributed by atoms with E-state index < -0.39 is 10.2 Å². The molecule has 0 radical (unpaired) electrons. The Labute approximate surface area is 98.1 Å². The van der Waals surface area contributed by atoms with Gasteiger partial charge in [0.05, 0.1) is 0 Å². The van der Waals surface area contributed by atoms with Gasteiger partial charge in [0.2, 0.25) is 16.7 Å². The molecule has 1 aromatic rings. The van der Waals surface area contributed by atoms with Crippen LogP contribution in [0.15, 0.2) is 16.8 Å². The Balaban J connectivity index is 0.000000385. The second-order valence-corrected chi connectivity index (χ2v) is 4.13. The summed E-state index contributed by atoms with van der Waals surface area (Å²) < 4.78 is 38.8. The summed E-state index contributed by atoms with van der Waals surface area (Å²) >= 11 is 1.52. The van der Waals surface area contributed by atoms with Crippen molar-refractivity contribution in [2.24, 2.45) is 0 Å². The topological polar surface area (TPSA) is 119 Å². The maximum Gasteiger partial charge on any atom is 0.308 e. The van der Waals surface area contributed by atoms with E-state index in [0.29, 0.717) is 5.75 Å². The van der Waals surface area contributed by atoms with Crippen LogP contribution in [0.5, 0.6) is 5.75 Å². The van der Waals surface area contributed by atoms with Crippen LogP contribution in [0.25, 0.3) is 0 Å². The average molecular weight is 269 g/mol. The van der Waals surface area contributed by atoms with Crippen LogP contribution in [0.4, 0.5) is 0 Å². The number of esters is 1. The number of carbonyl (C=O) groups excluding carboxylic acids is 1. The Morgan fingerprint density at radius 1 is 1.31 bits per heavy atom. The lowest BCUT2D eigenvalue weighted by Gasteiger charge is -2.17. The number of hydrogen-bond acceptors (Lipinski definition) is 6. The van der Waals surface area contributed by atoms with Crippen LogP contribution >= 0.6 is 11.3 Å². The van der Waals surface area contributed by atoms with E-state index in [4.69, 9.17) is 23.4 Å². The maximum atomic E-state index is 10.5. The fourth-order valence-electron chi connectivity index (χ4n) is 0.720. The molecule has 0 aliphatic heterocycles. The van der Waals surface area contributed by atoms with E-state index in [0.717, 1.165) is 5.56 Å². The molecule has 0 aliphatic carbocycles. The fourth-order valence-corrected chi connectivity index (χ4v) is 1.32. The molecule has 0 N–H and O–H groups in total. The molecule has 1 rings (SSSR count). The number of hydrogen-bond donors (Lipinski definition) is 0. The Hall–Kier alpha value is -0.830. The Morgan fingerprint density at radius 2 is 1.81 bits per heavy atom. The third-order valence-electron chi connectivity index (χ3n) is 1.07. The molecule has 0 saturated carbocycles. The van der Waals surface area contributed by atoms with Gasteiger partial charge in [-0.25, -0.2) is 18.6 Å². The molecule has 0 aromatic carbocycles. The van der Waals surface area contributed by atoms with E-state index in [9.17, 15) is 4.79 Å². The standard InChI is InChI=1S/C8H9O2S.ClHO4/c1-6-3-8(5-11-4-6)10-7(2)9;2-1(3,4)5/h3-5H,1-2H3;(H,2,3,4,5)/q+1;/p-1. The van der Waals surface area contributed by atoms with Gasteiger partial charge < -0.3 is 4.74 Å². The highest BCUT2D eigenvalue weighted by atomic mass is 35.7. The molecule has 1 heterocycles. The van der Waals surface area contributed by atoms with Crippen LogP contribution < -0.4 is 23.4 Å². The first-order valence-electron chi connectivity index (χ1n) is 3.86. The normalized spacial score (nSPS) is 10.1. The monoisotopic (exact) mass is 268 g/mol. The molecular weight excluding hydrogens is 260 g/mol. The summed E-state index contributed by atoms with van der Waals surface area (Å²) in [6.07, 6.45) is 0. The van der Waals surface area contributed by atoms with Gasteiger partial charge in [-0.05, 0) is 13.0 Å². The Bertz CT molecular complexity index is 345. The molecule has 6 nitrogen and oxygen atoms in total. The van der Waals surface area contributed by atoms with Gasteiger partial charge in [-0.2, -0.15) is 0 Å². The van der Waals surface area contributed by atoms with Crippen molar-refractivity contribution >= 4 is 17.3 Å². The van der Waals surface area contributed by atoms with Crippen molar-refractivity contribution < 1.29 is 38.4 Å². The van der Waals surface area contributed by atoms with Crippen molar-refractivity contribution in [1.82, 2.24) is 0 Å². The number of halogens is 1. The van der Waals surface area contributed by atoms with E-state index >= 15 is 0 Å². The van der Waals surface area contributed by atoms with E-state index in [1.54, 1.807) is 5.38 Å². The molecule has 8 heteroatoms. The van der Waals surface area contributed by atoms with Crippen LogP contribution in [-0.4, -0.2) is 5.97 Å². The number of ether oxygens (including phenoxy) is 1. The molecule has 90 valence electrons. The van der Waals surface area contributed by atoms with E-state index in [2.05, 4.69) is 0 Å². The number of carbonyl (C=O) groups is 1. The molecule has 0 atom stereocenters. The summed E-state index contributed by atoms with van der Waals surface area (Å²) in [5, 5.41) is 3.79. The summed E-state index contributed by atoms with van der Waals surface area (Å²) in [4.78, 5) is 10.5. The molecule has 0 unspecified atom stereocenters. The summed E-state index contributed by atoms with van der Waals surface area (Å²) in [6, 6.07) is 1.83. The predicted molar refractivity (Wildman–Crippen MR) is 44.8 cm³/mol. The first-order valence-corrected chi connectivity index (χ1v) is 6.03. The summed E-state index contributed by atoms with van der Waals surface area (Å²) in [6.45, 7) is 3.36. The molecule has 0 spiro atoms. The van der Waals surface area contributed by atoms with Crippen LogP contribution in [0.1, 0.15) is 12.5 Å². The lowest BCUT2D eigenvalue weighted by atomic mass is 10.3. The number of aryl methyl sites for hydroxylation is 1. The van der Waals surface area contributed by atoms with Crippen molar-refractivity contribution in [3.8, 4) is 5.75 Å². The predicted octanol–water partition coefficient (Wildman–Crippen LogP) is -2.49. The Kier molecular flexibility index (Phi) is 6.34. The minimum Gasteiger partial charge on any atom is -0.421 e. The van der Waals surface area contributed by atoms with E-state index in [1.165, 1.54) is 18.3 Å². The second kappa shape index (κ2) is 6.69. The largest absolute Gasteiger partial charge is 0.421 e. The van der Waals surface area contributed by atoms with Gasteiger partial charge in [0.25, 0.3) is 0 Å². The lowest BCUT2D eigenvalue weighted by Crippen LogP contribution is -2.68. The summed E-state index contributed by atoms with van der Waals surface area (Å²) in [5.74, 6) is 0.352. The van der Waals surface area contributed by atoms with Gasteiger partial charge in [0.15, 0.2) is 11.1 Å². The molecule has 0 amide bonds. The molecule has 0 aliphatic rings. The first-order chi connectivity index (χ1) is 7.18. The van der Waals surface area contributed by atoms with Crippen molar-refractivity contribution in [2.45, 2.75) is 13.8 Å². The van der Waals surface area contributed by atoms with Gasteiger partial charge in [0.1, 0.15) is 0 Å². The van der Waals surface area contributed by atoms with Gasteiger partial charge >= 0.3 is 5.97 Å². The zero-order valence-corrected chi connectivity index (χ0v) is 10.0. The summed E-state index contributed by atoms with van der Waals surface area (Å²) in [7, 11) is -4.94. The van der Waals surface area contributed by atoms with Crippen molar-refractivity contribution in [2.75, 3.05) is 0 Å². The molecule has 0 fully saturated rings. The smallest absolute Gasteiger partial charge is 0.308 e. The van der Waals surface area contributed by atoms with E-state index in [-0.39, 0.29) is 5.97 Å². The zero-order valence-electron chi connectivity index (χ0n) is 8.47. The molecule has 16 heavy (non-hydrogen) atoms. The van der Waals surface area contributed by atoms with Crippen molar-refractivity contribution in [3.05, 3.63) is 22.4 Å².